The molecular formula is C24H29ClFN5O3. The van der Waals surface area contributed by atoms with E-state index in [2.05, 4.69) is 5.10 Å². The third-order valence-corrected chi connectivity index (χ3v) is 6.28. The maximum atomic E-state index is 13.5. The van der Waals surface area contributed by atoms with Crippen molar-refractivity contribution >= 4 is 23.3 Å². The second-order valence-corrected chi connectivity index (χ2v) is 9.40. The zero-order chi connectivity index (χ0) is 24.4. The van der Waals surface area contributed by atoms with Crippen LogP contribution in [0.5, 0.6) is 0 Å². The Bertz CT molecular complexity index is 1160. The molecule has 8 nitrogen and oxygen atoms in total. The standard InChI is InChI=1S/C24H29ClFN5O3/c1-16(2)34-24(33)29-12-8-17(9-13-29)14-30-23(32)31(19-6-4-18(26)5-7-19)22(27-30)20-10-11-28(3)15-21(20)25/h4-7,10,15-17H,8-9,11-14H2,1-3H3. The van der Waals surface area contributed by atoms with Gasteiger partial charge in [0.2, 0.25) is 0 Å². The second kappa shape index (κ2) is 10.0. The number of likely N-dealkylation sites (N-methyl/N-ethyl adjacent to an activating group) is 1. The van der Waals surface area contributed by atoms with Crippen LogP contribution < -0.4 is 5.69 Å². The lowest BCUT2D eigenvalue weighted by atomic mass is 9.97. The molecule has 0 unspecified atom stereocenters. The van der Waals surface area contributed by atoms with Crippen LogP contribution in [-0.2, 0) is 11.3 Å². The Morgan fingerprint density at radius 1 is 1.24 bits per heavy atom. The number of hydrogen-bond donors (Lipinski definition) is 0. The van der Waals surface area contributed by atoms with Crippen LogP contribution >= 0.6 is 11.6 Å². The number of nitrogens with zero attached hydrogens (tertiary/aromatic N) is 5. The van der Waals surface area contributed by atoms with Crippen molar-refractivity contribution in [2.24, 2.45) is 5.92 Å². The Hall–Kier alpha value is -3.07. The lowest BCUT2D eigenvalue weighted by molar-refractivity contribution is 0.0638. The summed E-state index contributed by atoms with van der Waals surface area (Å²) >= 11 is 6.51. The number of carbonyl (C=O) groups excluding carboxylic acids is 1. The van der Waals surface area contributed by atoms with E-state index < -0.39 is 0 Å². The second-order valence-electron chi connectivity index (χ2n) is 9.00. The van der Waals surface area contributed by atoms with Gasteiger partial charge in [-0.2, -0.15) is 0 Å². The Balaban J connectivity index is 1.60. The Kier molecular flexibility index (Phi) is 7.11. The SMILES string of the molecule is CC(C)OC(=O)N1CCC(Cn2nc(C3=CCN(C)C=C3Cl)n(-c3ccc(F)cc3)c2=O)CC1. The molecule has 4 rings (SSSR count). The minimum atomic E-state index is -0.384. The number of rotatable bonds is 5. The fourth-order valence-electron chi connectivity index (χ4n) is 4.19. The van der Waals surface area contributed by atoms with Crippen molar-refractivity contribution in [2.75, 3.05) is 26.7 Å². The molecule has 1 fully saturated rings. The molecule has 2 aliphatic rings. The third kappa shape index (κ3) is 5.19. The number of halogens is 2. The van der Waals surface area contributed by atoms with Gasteiger partial charge in [-0.3, -0.25) is 0 Å². The van der Waals surface area contributed by atoms with Gasteiger partial charge in [0.05, 0.1) is 16.8 Å². The van der Waals surface area contributed by atoms with E-state index in [0.29, 0.717) is 48.3 Å². The summed E-state index contributed by atoms with van der Waals surface area (Å²) in [5.41, 5.74) is 0.863. The van der Waals surface area contributed by atoms with E-state index in [-0.39, 0.29) is 29.6 Å². The van der Waals surface area contributed by atoms with Crippen LogP contribution in [0.15, 0.2) is 46.4 Å². The van der Waals surface area contributed by atoms with Gasteiger partial charge in [0.15, 0.2) is 5.82 Å². The quantitative estimate of drug-likeness (QED) is 0.638. The number of amides is 1. The van der Waals surface area contributed by atoms with Crippen LogP contribution in [0.3, 0.4) is 0 Å². The molecule has 1 aromatic heterocycles. The summed E-state index contributed by atoms with van der Waals surface area (Å²) in [5, 5.41) is 5.13. The number of ether oxygens (including phenoxy) is 1. The maximum Gasteiger partial charge on any atom is 0.410 e. The van der Waals surface area contributed by atoms with Gasteiger partial charge in [0.25, 0.3) is 0 Å². The number of hydrogen-bond acceptors (Lipinski definition) is 5. The summed E-state index contributed by atoms with van der Waals surface area (Å²) in [7, 11) is 1.91. The largest absolute Gasteiger partial charge is 0.447 e. The first-order chi connectivity index (χ1) is 16.2. The van der Waals surface area contributed by atoms with Crippen LogP contribution in [0.1, 0.15) is 32.5 Å². The molecule has 2 aromatic rings. The first-order valence-corrected chi connectivity index (χ1v) is 11.8. The summed E-state index contributed by atoms with van der Waals surface area (Å²) in [6.45, 7) is 5.84. The van der Waals surface area contributed by atoms with Crippen LogP contribution in [0, 0.1) is 11.7 Å². The van der Waals surface area contributed by atoms with Crippen molar-refractivity contribution in [3.05, 3.63) is 63.7 Å². The molecule has 0 atom stereocenters. The maximum absolute atomic E-state index is 13.5. The molecule has 0 saturated carbocycles. The molecule has 2 aliphatic heterocycles. The van der Waals surface area contributed by atoms with Crippen molar-refractivity contribution in [1.82, 2.24) is 24.1 Å². The van der Waals surface area contributed by atoms with E-state index in [4.69, 9.17) is 16.3 Å². The van der Waals surface area contributed by atoms with E-state index in [1.165, 1.54) is 21.4 Å². The summed E-state index contributed by atoms with van der Waals surface area (Å²) < 4.78 is 21.8. The molecule has 3 heterocycles. The highest BCUT2D eigenvalue weighted by molar-refractivity contribution is 6.36. The highest BCUT2D eigenvalue weighted by atomic mass is 35.5. The Morgan fingerprint density at radius 2 is 1.91 bits per heavy atom. The molecule has 1 saturated heterocycles. The number of piperidine rings is 1. The summed E-state index contributed by atoms with van der Waals surface area (Å²) in [5.74, 6) is 0.219. The molecule has 182 valence electrons. The van der Waals surface area contributed by atoms with Gasteiger partial charge in [-0.1, -0.05) is 17.7 Å². The molecule has 0 radical (unpaired) electrons. The normalized spacial score (nSPS) is 17.1. The van der Waals surface area contributed by atoms with E-state index in [1.807, 2.05) is 31.9 Å². The Labute approximate surface area is 202 Å². The van der Waals surface area contributed by atoms with Gasteiger partial charge >= 0.3 is 11.8 Å². The van der Waals surface area contributed by atoms with Gasteiger partial charge in [0.1, 0.15) is 5.82 Å². The van der Waals surface area contributed by atoms with Gasteiger partial charge in [-0.15, -0.1) is 5.10 Å². The summed E-state index contributed by atoms with van der Waals surface area (Å²) in [6, 6.07) is 5.74. The molecule has 1 amide bonds. The van der Waals surface area contributed by atoms with Crippen molar-refractivity contribution in [3.63, 3.8) is 0 Å². The third-order valence-electron chi connectivity index (χ3n) is 5.98. The first-order valence-electron chi connectivity index (χ1n) is 11.4. The van der Waals surface area contributed by atoms with E-state index in [0.717, 1.165) is 12.8 Å². The minimum absolute atomic E-state index is 0.160. The molecule has 0 N–H and O–H groups in total. The smallest absolute Gasteiger partial charge is 0.410 e. The lowest BCUT2D eigenvalue weighted by Crippen LogP contribution is -2.41. The molecule has 0 spiro atoms. The van der Waals surface area contributed by atoms with Gasteiger partial charge in [0, 0.05) is 45.0 Å². The predicted molar refractivity (Wildman–Crippen MR) is 128 cm³/mol. The predicted octanol–water partition coefficient (Wildman–Crippen LogP) is 3.84. The van der Waals surface area contributed by atoms with Crippen LogP contribution in [0.4, 0.5) is 9.18 Å². The number of carbonyl (C=O) groups is 1. The average molecular weight is 490 g/mol. The van der Waals surface area contributed by atoms with Gasteiger partial charge < -0.3 is 14.5 Å². The fraction of sp³-hybridized carbons (Fsp3) is 0.458. The number of likely N-dealkylation sites (tertiary alicyclic amines) is 1. The molecule has 1 aromatic carbocycles. The summed E-state index contributed by atoms with van der Waals surface area (Å²) in [6.07, 6.45) is 4.74. The average Bonchev–Trinajstić information content (AvgIpc) is 3.10. The number of benzene rings is 1. The zero-order valence-electron chi connectivity index (χ0n) is 19.6. The van der Waals surface area contributed by atoms with Crippen molar-refractivity contribution in [1.29, 1.82) is 0 Å². The summed E-state index contributed by atoms with van der Waals surface area (Å²) in [4.78, 5) is 29.2. The van der Waals surface area contributed by atoms with Crippen molar-refractivity contribution in [3.8, 4) is 5.69 Å². The van der Waals surface area contributed by atoms with E-state index in [1.54, 1.807) is 23.2 Å². The molecule has 10 heteroatoms. The zero-order valence-corrected chi connectivity index (χ0v) is 20.3. The topological polar surface area (TPSA) is 72.6 Å². The highest BCUT2D eigenvalue weighted by Crippen LogP contribution is 2.29. The van der Waals surface area contributed by atoms with Gasteiger partial charge in [-0.05, 0) is 56.9 Å². The van der Waals surface area contributed by atoms with Crippen molar-refractivity contribution in [2.45, 2.75) is 39.3 Å². The molecule has 0 aliphatic carbocycles. The van der Waals surface area contributed by atoms with Gasteiger partial charge in [-0.25, -0.2) is 23.2 Å². The van der Waals surface area contributed by atoms with E-state index >= 15 is 0 Å². The monoisotopic (exact) mass is 489 g/mol. The van der Waals surface area contributed by atoms with Crippen LogP contribution in [0.2, 0.25) is 0 Å². The number of aromatic nitrogens is 3. The molecular weight excluding hydrogens is 461 g/mol. The minimum Gasteiger partial charge on any atom is -0.447 e. The molecule has 34 heavy (non-hydrogen) atoms. The molecule has 0 bridgehead atoms. The van der Waals surface area contributed by atoms with Crippen LogP contribution in [-0.4, -0.2) is 63.0 Å². The first kappa shape index (κ1) is 24.1. The fourth-order valence-corrected chi connectivity index (χ4v) is 4.52. The Morgan fingerprint density at radius 3 is 2.53 bits per heavy atom. The van der Waals surface area contributed by atoms with Crippen LogP contribution in [0.25, 0.3) is 11.3 Å². The van der Waals surface area contributed by atoms with Crippen molar-refractivity contribution < 1.29 is 13.9 Å². The van der Waals surface area contributed by atoms with E-state index in [9.17, 15) is 14.0 Å². The number of allylic oxidation sites excluding steroid dienone is 2. The highest BCUT2D eigenvalue weighted by Gasteiger charge is 2.27. The lowest BCUT2D eigenvalue weighted by Gasteiger charge is -2.31.